The van der Waals surface area contributed by atoms with Crippen LogP contribution in [0.5, 0.6) is 0 Å². The van der Waals surface area contributed by atoms with Crippen LogP contribution in [0.3, 0.4) is 0 Å². The predicted molar refractivity (Wildman–Crippen MR) is 76.7 cm³/mol. The number of benzene rings is 1. The molecule has 102 valence electrons. The van der Waals surface area contributed by atoms with Crippen LogP contribution in [0.4, 0.5) is 10.3 Å². The first kappa shape index (κ1) is 13.2. The zero-order valence-corrected chi connectivity index (χ0v) is 12.2. The lowest BCUT2D eigenvalue weighted by atomic mass is 10.0. The number of nitrogen functional groups attached to an aromatic ring is 1. The fraction of sp³-hybridized carbons (Fsp3) is 0. The van der Waals surface area contributed by atoms with E-state index in [0.29, 0.717) is 21.5 Å². The number of nitrogens with two attached hydrogens (primary N) is 1. The molecule has 2 heterocycles. The molecule has 7 heteroatoms. The normalized spacial score (nSPS) is 10.9. The van der Waals surface area contributed by atoms with Gasteiger partial charge in [0.2, 0.25) is 5.88 Å². The number of hydrogen-bond acceptors (Lipinski definition) is 4. The molecule has 0 bridgehead atoms. The van der Waals surface area contributed by atoms with Crippen molar-refractivity contribution < 1.29 is 13.3 Å². The van der Waals surface area contributed by atoms with Gasteiger partial charge >= 0.3 is 0 Å². The summed E-state index contributed by atoms with van der Waals surface area (Å²) in [4.78, 5) is 0. The van der Waals surface area contributed by atoms with Crippen LogP contribution in [0, 0.1) is 5.82 Å². The Balaban J connectivity index is 2.31. The highest BCUT2D eigenvalue weighted by atomic mass is 79.9. The predicted octanol–water partition coefficient (Wildman–Crippen LogP) is 4.74. The van der Waals surface area contributed by atoms with E-state index in [1.54, 1.807) is 12.1 Å². The molecule has 0 fully saturated rings. The minimum absolute atomic E-state index is 0.0138. The molecule has 0 atom stereocenters. The number of rotatable bonds is 2. The second-order valence-corrected chi connectivity index (χ2v) is 5.10. The summed E-state index contributed by atoms with van der Waals surface area (Å²) in [6, 6.07) is 6.04. The van der Waals surface area contributed by atoms with Gasteiger partial charge in [0.15, 0.2) is 4.67 Å². The molecule has 3 rings (SSSR count). The van der Waals surface area contributed by atoms with Gasteiger partial charge in [-0.15, -0.1) is 0 Å². The molecule has 0 aliphatic carbocycles. The van der Waals surface area contributed by atoms with Gasteiger partial charge in [0.05, 0.1) is 22.4 Å². The molecular weight excluding hydrogens is 351 g/mol. The van der Waals surface area contributed by atoms with Crippen molar-refractivity contribution in [1.82, 2.24) is 5.16 Å². The van der Waals surface area contributed by atoms with Crippen LogP contribution in [0.25, 0.3) is 22.4 Å². The van der Waals surface area contributed by atoms with Crippen LogP contribution in [-0.4, -0.2) is 5.16 Å². The molecule has 3 aromatic rings. The average Bonchev–Trinajstić information content (AvgIpc) is 2.97. The van der Waals surface area contributed by atoms with Crippen molar-refractivity contribution in [2.75, 3.05) is 5.73 Å². The van der Waals surface area contributed by atoms with Crippen molar-refractivity contribution in [3.8, 4) is 22.4 Å². The maximum Gasteiger partial charge on any atom is 0.230 e. The van der Waals surface area contributed by atoms with Crippen molar-refractivity contribution in [3.63, 3.8) is 0 Å². The van der Waals surface area contributed by atoms with E-state index in [-0.39, 0.29) is 16.5 Å². The van der Waals surface area contributed by atoms with Crippen LogP contribution < -0.4 is 5.73 Å². The summed E-state index contributed by atoms with van der Waals surface area (Å²) < 4.78 is 24.6. The van der Waals surface area contributed by atoms with E-state index in [2.05, 4.69) is 21.1 Å². The Bertz CT molecular complexity index is 764. The Morgan fingerprint density at radius 3 is 2.70 bits per heavy atom. The first-order chi connectivity index (χ1) is 9.59. The van der Waals surface area contributed by atoms with E-state index in [0.717, 1.165) is 0 Å². The number of nitrogens with zero attached hydrogens (tertiary/aromatic N) is 1. The van der Waals surface area contributed by atoms with Gasteiger partial charge in [0.1, 0.15) is 11.5 Å². The van der Waals surface area contributed by atoms with Crippen LogP contribution in [0.2, 0.25) is 5.02 Å². The Kier molecular flexibility index (Phi) is 3.27. The van der Waals surface area contributed by atoms with Gasteiger partial charge < -0.3 is 14.7 Å². The van der Waals surface area contributed by atoms with Gasteiger partial charge in [-0.2, -0.15) is 0 Å². The number of hydrogen-bond donors (Lipinski definition) is 1. The zero-order valence-electron chi connectivity index (χ0n) is 9.86. The standard InChI is InChI=1S/C13H7BrClFN2O2/c14-12-6(4-5-19-12)11-10(13(17)20-18-11)9-7(15)2-1-3-8(9)16/h1-5H,17H2. The van der Waals surface area contributed by atoms with Crippen LogP contribution in [0.1, 0.15) is 0 Å². The third kappa shape index (κ3) is 2.01. The van der Waals surface area contributed by atoms with E-state index in [1.807, 2.05) is 0 Å². The SMILES string of the molecule is Nc1onc(-c2ccoc2Br)c1-c1c(F)cccc1Cl. The monoisotopic (exact) mass is 356 g/mol. The molecule has 0 spiro atoms. The van der Waals surface area contributed by atoms with Gasteiger partial charge in [-0.05, 0) is 34.1 Å². The second kappa shape index (κ2) is 4.96. The third-order valence-electron chi connectivity index (χ3n) is 2.80. The lowest BCUT2D eigenvalue weighted by Gasteiger charge is -2.05. The lowest BCUT2D eigenvalue weighted by molar-refractivity contribution is 0.439. The molecule has 2 aromatic heterocycles. The highest BCUT2D eigenvalue weighted by Gasteiger charge is 2.24. The summed E-state index contributed by atoms with van der Waals surface area (Å²) >= 11 is 9.31. The van der Waals surface area contributed by atoms with Crippen molar-refractivity contribution >= 4 is 33.4 Å². The van der Waals surface area contributed by atoms with Gasteiger partial charge in [-0.25, -0.2) is 4.39 Å². The van der Waals surface area contributed by atoms with Crippen molar-refractivity contribution in [2.24, 2.45) is 0 Å². The summed E-state index contributed by atoms with van der Waals surface area (Å²) in [5.74, 6) is -0.520. The molecule has 0 radical (unpaired) electrons. The Morgan fingerprint density at radius 2 is 2.05 bits per heavy atom. The summed E-state index contributed by atoms with van der Waals surface area (Å²) in [5.41, 5.74) is 7.17. The third-order valence-corrected chi connectivity index (χ3v) is 3.73. The van der Waals surface area contributed by atoms with Crippen LogP contribution >= 0.6 is 27.5 Å². The quantitative estimate of drug-likeness (QED) is 0.719. The minimum Gasteiger partial charge on any atom is -0.457 e. The molecule has 0 aliphatic heterocycles. The van der Waals surface area contributed by atoms with Gasteiger partial charge in [-0.1, -0.05) is 22.8 Å². The Hall–Kier alpha value is -1.79. The lowest BCUT2D eigenvalue weighted by Crippen LogP contribution is -1.91. The molecule has 0 aliphatic rings. The molecule has 0 saturated heterocycles. The molecule has 4 nitrogen and oxygen atoms in total. The smallest absolute Gasteiger partial charge is 0.230 e. The average molecular weight is 358 g/mol. The number of anilines is 1. The molecule has 1 aromatic carbocycles. The fourth-order valence-corrected chi connectivity index (χ4v) is 2.61. The summed E-state index contributed by atoms with van der Waals surface area (Å²) in [6.07, 6.45) is 1.47. The van der Waals surface area contributed by atoms with Crippen molar-refractivity contribution in [3.05, 3.63) is 46.0 Å². The van der Waals surface area contributed by atoms with Crippen LogP contribution in [0.15, 0.2) is 44.1 Å². The van der Waals surface area contributed by atoms with Crippen LogP contribution in [-0.2, 0) is 0 Å². The Labute approximate surface area is 126 Å². The fourth-order valence-electron chi connectivity index (χ4n) is 1.93. The van der Waals surface area contributed by atoms with Crippen molar-refractivity contribution in [1.29, 1.82) is 0 Å². The van der Waals surface area contributed by atoms with E-state index < -0.39 is 5.82 Å². The molecule has 20 heavy (non-hydrogen) atoms. The molecule has 2 N–H and O–H groups in total. The first-order valence-electron chi connectivity index (χ1n) is 5.52. The van der Waals surface area contributed by atoms with Crippen molar-refractivity contribution in [2.45, 2.75) is 0 Å². The topological polar surface area (TPSA) is 65.2 Å². The Morgan fingerprint density at radius 1 is 1.25 bits per heavy atom. The van der Waals surface area contributed by atoms with Gasteiger partial charge in [0.25, 0.3) is 0 Å². The summed E-state index contributed by atoms with van der Waals surface area (Å²) in [5, 5.41) is 4.09. The maximum atomic E-state index is 14.1. The van der Waals surface area contributed by atoms with E-state index in [4.69, 9.17) is 26.3 Å². The van der Waals surface area contributed by atoms with Gasteiger partial charge in [0, 0.05) is 5.56 Å². The number of furan rings is 1. The molecular formula is C13H7BrClFN2O2. The van der Waals surface area contributed by atoms with E-state index in [1.165, 1.54) is 18.4 Å². The highest BCUT2D eigenvalue weighted by Crippen LogP contribution is 2.42. The van der Waals surface area contributed by atoms with Gasteiger partial charge in [-0.3, -0.25) is 0 Å². The first-order valence-corrected chi connectivity index (χ1v) is 6.69. The summed E-state index contributed by atoms with van der Waals surface area (Å²) in [7, 11) is 0. The molecule has 0 amide bonds. The zero-order chi connectivity index (χ0) is 14.3. The largest absolute Gasteiger partial charge is 0.457 e. The summed E-state index contributed by atoms with van der Waals surface area (Å²) in [6.45, 7) is 0. The highest BCUT2D eigenvalue weighted by molar-refractivity contribution is 9.10. The van der Waals surface area contributed by atoms with E-state index in [9.17, 15) is 4.39 Å². The van der Waals surface area contributed by atoms with E-state index >= 15 is 0 Å². The molecule has 0 saturated carbocycles. The number of aromatic nitrogens is 1. The molecule has 0 unspecified atom stereocenters. The minimum atomic E-state index is -0.506. The maximum absolute atomic E-state index is 14.1. The second-order valence-electron chi connectivity index (χ2n) is 3.98. The number of halogens is 3.